The smallest absolute Gasteiger partial charge is 0.227 e. The molecule has 4 rings (SSSR count). The van der Waals surface area contributed by atoms with Gasteiger partial charge in [0.2, 0.25) is 5.95 Å². The summed E-state index contributed by atoms with van der Waals surface area (Å²) >= 11 is 0. The lowest BCUT2D eigenvalue weighted by molar-refractivity contribution is 0.185. The number of aromatic nitrogens is 4. The minimum Gasteiger partial charge on any atom is -0.380 e. The molecule has 2 fully saturated rings. The second-order valence-electron chi connectivity index (χ2n) is 6.63. The van der Waals surface area contributed by atoms with E-state index in [0.29, 0.717) is 12.5 Å². The molecule has 1 saturated heterocycles. The Bertz CT molecular complexity index is 690. The standard InChI is InChI=1S/C17H24N6O/c1-24-11-13-10-18-17(23-7-3-2-4-8-23)20-16(13)19-15-9-14(21-22-15)12-5-6-12/h9-10,12H,2-8,11H2,1H3,(H2,18,19,20,21,22). The average molecular weight is 328 g/mol. The Balaban J connectivity index is 1.57. The van der Waals surface area contributed by atoms with E-state index in [1.807, 2.05) is 6.20 Å². The molecule has 2 aromatic rings. The monoisotopic (exact) mass is 328 g/mol. The van der Waals surface area contributed by atoms with Gasteiger partial charge in [0.05, 0.1) is 6.61 Å². The highest BCUT2D eigenvalue weighted by atomic mass is 16.5. The summed E-state index contributed by atoms with van der Waals surface area (Å²) in [5.74, 6) is 3.02. The lowest BCUT2D eigenvalue weighted by Crippen LogP contribution is -2.31. The number of piperidine rings is 1. The number of methoxy groups -OCH3 is 1. The predicted octanol–water partition coefficient (Wildman–Crippen LogP) is 2.96. The topological polar surface area (TPSA) is 79.0 Å². The predicted molar refractivity (Wildman–Crippen MR) is 92.7 cm³/mol. The van der Waals surface area contributed by atoms with Gasteiger partial charge in [0.15, 0.2) is 5.82 Å². The van der Waals surface area contributed by atoms with Gasteiger partial charge in [-0.2, -0.15) is 10.1 Å². The molecular formula is C17H24N6O. The van der Waals surface area contributed by atoms with Crippen molar-refractivity contribution in [2.24, 2.45) is 0 Å². The maximum absolute atomic E-state index is 5.28. The molecule has 24 heavy (non-hydrogen) atoms. The molecule has 2 aliphatic rings. The zero-order chi connectivity index (χ0) is 16.4. The summed E-state index contributed by atoms with van der Waals surface area (Å²) in [5, 5.41) is 10.8. The summed E-state index contributed by atoms with van der Waals surface area (Å²) in [4.78, 5) is 11.5. The number of hydrogen-bond donors (Lipinski definition) is 2. The molecule has 1 aliphatic carbocycles. The van der Waals surface area contributed by atoms with Gasteiger partial charge < -0.3 is 15.0 Å². The summed E-state index contributed by atoms with van der Waals surface area (Å²) < 4.78 is 5.28. The van der Waals surface area contributed by atoms with Crippen LogP contribution in [0, 0.1) is 0 Å². The molecule has 0 unspecified atom stereocenters. The van der Waals surface area contributed by atoms with Crippen LogP contribution < -0.4 is 10.2 Å². The van der Waals surface area contributed by atoms with E-state index in [4.69, 9.17) is 9.72 Å². The fourth-order valence-corrected chi connectivity index (χ4v) is 3.14. The van der Waals surface area contributed by atoms with Gasteiger partial charge in [-0.15, -0.1) is 0 Å². The Kier molecular flexibility index (Phi) is 4.34. The number of anilines is 3. The number of nitrogens with zero attached hydrogens (tertiary/aromatic N) is 4. The molecule has 0 spiro atoms. The Hall–Kier alpha value is -2.15. The Morgan fingerprint density at radius 1 is 1.29 bits per heavy atom. The Morgan fingerprint density at radius 3 is 2.88 bits per heavy atom. The summed E-state index contributed by atoms with van der Waals surface area (Å²) in [6.07, 6.45) is 8.07. The van der Waals surface area contributed by atoms with Crippen LogP contribution in [0.1, 0.15) is 49.3 Å². The van der Waals surface area contributed by atoms with Gasteiger partial charge in [-0.3, -0.25) is 5.10 Å². The summed E-state index contributed by atoms with van der Waals surface area (Å²) in [7, 11) is 1.68. The summed E-state index contributed by atoms with van der Waals surface area (Å²) in [6, 6.07) is 2.08. The van der Waals surface area contributed by atoms with E-state index in [1.165, 1.54) is 37.8 Å². The maximum Gasteiger partial charge on any atom is 0.227 e. The highest BCUT2D eigenvalue weighted by Crippen LogP contribution is 2.39. The molecule has 1 aliphatic heterocycles. The molecule has 0 radical (unpaired) electrons. The first-order valence-corrected chi connectivity index (χ1v) is 8.75. The normalized spacial score (nSPS) is 18.0. The first-order valence-electron chi connectivity index (χ1n) is 8.75. The molecule has 0 bridgehead atoms. The van der Waals surface area contributed by atoms with E-state index in [0.717, 1.165) is 36.2 Å². The van der Waals surface area contributed by atoms with Crippen LogP contribution in [-0.4, -0.2) is 40.4 Å². The van der Waals surface area contributed by atoms with Crippen LogP contribution in [0.2, 0.25) is 0 Å². The molecule has 7 heteroatoms. The van der Waals surface area contributed by atoms with Crippen molar-refractivity contribution in [1.82, 2.24) is 20.2 Å². The second-order valence-corrected chi connectivity index (χ2v) is 6.63. The first-order chi connectivity index (χ1) is 11.8. The summed E-state index contributed by atoms with van der Waals surface area (Å²) in [5.41, 5.74) is 2.14. The third-order valence-electron chi connectivity index (χ3n) is 4.65. The van der Waals surface area contributed by atoms with E-state index in [9.17, 15) is 0 Å². The SMILES string of the molecule is COCc1cnc(N2CCCCC2)nc1Nc1cc(C2CC2)[nH]n1. The molecule has 1 saturated carbocycles. The van der Waals surface area contributed by atoms with Gasteiger partial charge in [-0.05, 0) is 32.1 Å². The number of rotatable bonds is 6. The highest BCUT2D eigenvalue weighted by Gasteiger charge is 2.25. The number of ether oxygens (including phenoxy) is 1. The van der Waals surface area contributed by atoms with E-state index in [-0.39, 0.29) is 0 Å². The number of hydrogen-bond acceptors (Lipinski definition) is 6. The fourth-order valence-electron chi connectivity index (χ4n) is 3.14. The molecule has 0 aromatic carbocycles. The molecule has 128 valence electrons. The van der Waals surface area contributed by atoms with E-state index in [2.05, 4.69) is 31.5 Å². The molecule has 2 aromatic heterocycles. The van der Waals surface area contributed by atoms with Crippen molar-refractivity contribution in [3.8, 4) is 0 Å². The quantitative estimate of drug-likeness (QED) is 0.849. The minimum absolute atomic E-state index is 0.475. The fraction of sp³-hybridized carbons (Fsp3) is 0.588. The molecule has 0 atom stereocenters. The molecule has 3 heterocycles. The number of H-pyrrole nitrogens is 1. The van der Waals surface area contributed by atoms with Crippen molar-refractivity contribution in [3.63, 3.8) is 0 Å². The van der Waals surface area contributed by atoms with Crippen molar-refractivity contribution in [3.05, 3.63) is 23.5 Å². The average Bonchev–Trinajstić information content (AvgIpc) is 3.37. The number of aromatic amines is 1. The molecular weight excluding hydrogens is 304 g/mol. The van der Waals surface area contributed by atoms with Gasteiger partial charge >= 0.3 is 0 Å². The van der Waals surface area contributed by atoms with Gasteiger partial charge in [-0.25, -0.2) is 4.98 Å². The summed E-state index contributed by atoms with van der Waals surface area (Å²) in [6.45, 7) is 2.52. The van der Waals surface area contributed by atoms with Gasteiger partial charge in [-0.1, -0.05) is 0 Å². The van der Waals surface area contributed by atoms with Crippen LogP contribution in [0.5, 0.6) is 0 Å². The first kappa shape index (κ1) is 15.4. The zero-order valence-corrected chi connectivity index (χ0v) is 14.1. The third kappa shape index (κ3) is 3.36. The van der Waals surface area contributed by atoms with Crippen molar-refractivity contribution < 1.29 is 4.74 Å². The Labute approximate surface area is 141 Å². The maximum atomic E-state index is 5.28. The lowest BCUT2D eigenvalue weighted by atomic mass is 10.1. The van der Waals surface area contributed by atoms with E-state index < -0.39 is 0 Å². The van der Waals surface area contributed by atoms with Crippen LogP contribution in [0.15, 0.2) is 12.3 Å². The zero-order valence-electron chi connectivity index (χ0n) is 14.1. The molecule has 7 nitrogen and oxygen atoms in total. The van der Waals surface area contributed by atoms with E-state index >= 15 is 0 Å². The van der Waals surface area contributed by atoms with Crippen LogP contribution in [-0.2, 0) is 11.3 Å². The van der Waals surface area contributed by atoms with Crippen LogP contribution >= 0.6 is 0 Å². The van der Waals surface area contributed by atoms with Crippen molar-refractivity contribution in [2.45, 2.75) is 44.6 Å². The van der Waals surface area contributed by atoms with E-state index in [1.54, 1.807) is 7.11 Å². The third-order valence-corrected chi connectivity index (χ3v) is 4.65. The van der Waals surface area contributed by atoms with Crippen LogP contribution in [0.4, 0.5) is 17.6 Å². The van der Waals surface area contributed by atoms with Crippen LogP contribution in [0.25, 0.3) is 0 Å². The highest BCUT2D eigenvalue weighted by molar-refractivity contribution is 5.58. The lowest BCUT2D eigenvalue weighted by Gasteiger charge is -2.27. The van der Waals surface area contributed by atoms with Crippen molar-refractivity contribution in [1.29, 1.82) is 0 Å². The largest absolute Gasteiger partial charge is 0.380 e. The number of nitrogens with one attached hydrogen (secondary N) is 2. The van der Waals surface area contributed by atoms with Gasteiger partial charge in [0.1, 0.15) is 5.82 Å². The van der Waals surface area contributed by atoms with Crippen molar-refractivity contribution >= 4 is 17.6 Å². The minimum atomic E-state index is 0.475. The van der Waals surface area contributed by atoms with Gasteiger partial charge in [0, 0.05) is 49.6 Å². The second kappa shape index (κ2) is 6.76. The molecule has 2 N–H and O–H groups in total. The van der Waals surface area contributed by atoms with Gasteiger partial charge in [0.25, 0.3) is 0 Å². The Morgan fingerprint density at radius 2 is 2.12 bits per heavy atom. The molecule has 0 amide bonds. The van der Waals surface area contributed by atoms with Crippen LogP contribution in [0.3, 0.4) is 0 Å². The van der Waals surface area contributed by atoms with Crippen molar-refractivity contribution in [2.75, 3.05) is 30.4 Å².